The van der Waals surface area contributed by atoms with Gasteiger partial charge in [0, 0.05) is 6.54 Å². The van der Waals surface area contributed by atoms with E-state index in [1.165, 1.54) is 19.2 Å². The van der Waals surface area contributed by atoms with Gasteiger partial charge in [-0.25, -0.2) is 4.39 Å². The number of halogens is 1. The summed E-state index contributed by atoms with van der Waals surface area (Å²) < 4.78 is 23.4. The van der Waals surface area contributed by atoms with E-state index < -0.39 is 5.82 Å². The van der Waals surface area contributed by atoms with Crippen molar-refractivity contribution in [3.63, 3.8) is 0 Å². The van der Waals surface area contributed by atoms with Gasteiger partial charge in [0.2, 0.25) is 0 Å². The van der Waals surface area contributed by atoms with Crippen molar-refractivity contribution >= 4 is 5.91 Å². The Balaban J connectivity index is 2.05. The summed E-state index contributed by atoms with van der Waals surface area (Å²) in [6, 6.07) is 11.2. The van der Waals surface area contributed by atoms with Crippen LogP contribution in [0.3, 0.4) is 0 Å². The molecule has 4 nitrogen and oxygen atoms in total. The van der Waals surface area contributed by atoms with Gasteiger partial charge in [0.25, 0.3) is 5.91 Å². The number of nitrogens with one attached hydrogen (secondary N) is 1. The molecule has 0 bridgehead atoms. The summed E-state index contributed by atoms with van der Waals surface area (Å²) in [6.45, 7) is 0.336. The van der Waals surface area contributed by atoms with Gasteiger partial charge in [0.15, 0.2) is 0 Å². The average molecular weight is 289 g/mol. The smallest absolute Gasteiger partial charge is 0.255 e. The van der Waals surface area contributed by atoms with Gasteiger partial charge in [-0.15, -0.1) is 0 Å². The Morgan fingerprint density at radius 3 is 2.43 bits per heavy atom. The van der Waals surface area contributed by atoms with E-state index in [2.05, 4.69) is 5.32 Å². The first-order valence-electron chi connectivity index (χ1n) is 6.38. The lowest BCUT2D eigenvalue weighted by atomic mass is 10.1. The quantitative estimate of drug-likeness (QED) is 0.920. The van der Waals surface area contributed by atoms with Crippen molar-refractivity contribution in [3.8, 4) is 11.5 Å². The number of hydrogen-bond donors (Lipinski definition) is 1. The molecule has 0 atom stereocenters. The van der Waals surface area contributed by atoms with Gasteiger partial charge in [0.05, 0.1) is 19.8 Å². The summed E-state index contributed by atoms with van der Waals surface area (Å²) >= 11 is 0. The van der Waals surface area contributed by atoms with Crippen LogP contribution in [0.2, 0.25) is 0 Å². The maximum atomic E-state index is 13.2. The molecule has 2 aromatic rings. The van der Waals surface area contributed by atoms with Gasteiger partial charge in [-0.3, -0.25) is 4.79 Å². The lowest BCUT2D eigenvalue weighted by Crippen LogP contribution is -2.23. The molecule has 1 N–H and O–H groups in total. The fourth-order valence-electron chi connectivity index (χ4n) is 1.88. The molecular formula is C16H16FNO3. The molecular weight excluding hydrogens is 273 g/mol. The molecule has 0 spiro atoms. The zero-order chi connectivity index (χ0) is 15.2. The minimum Gasteiger partial charge on any atom is -0.497 e. The molecule has 0 aliphatic heterocycles. The fraction of sp³-hybridized carbons (Fsp3) is 0.188. The second-order valence-corrected chi connectivity index (χ2v) is 4.38. The molecule has 1 amide bonds. The molecule has 0 radical (unpaired) electrons. The third-order valence-electron chi connectivity index (χ3n) is 3.02. The normalized spacial score (nSPS) is 10.0. The van der Waals surface area contributed by atoms with E-state index in [1.54, 1.807) is 7.11 Å². The molecule has 110 valence electrons. The second kappa shape index (κ2) is 6.74. The zero-order valence-electron chi connectivity index (χ0n) is 11.9. The van der Waals surface area contributed by atoms with Gasteiger partial charge in [0.1, 0.15) is 17.3 Å². The summed E-state index contributed by atoms with van der Waals surface area (Å²) in [5.41, 5.74) is 1.09. The van der Waals surface area contributed by atoms with Crippen LogP contribution in [-0.4, -0.2) is 20.1 Å². The third-order valence-corrected chi connectivity index (χ3v) is 3.02. The van der Waals surface area contributed by atoms with Crippen LogP contribution in [0.15, 0.2) is 42.5 Å². The summed E-state index contributed by atoms with van der Waals surface area (Å²) in [7, 11) is 3.03. The maximum Gasteiger partial charge on any atom is 0.255 e. The molecule has 2 aromatic carbocycles. The van der Waals surface area contributed by atoms with E-state index in [4.69, 9.17) is 9.47 Å². The predicted molar refractivity (Wildman–Crippen MR) is 77.1 cm³/mol. The molecule has 0 fully saturated rings. The number of carbonyl (C=O) groups is 1. The lowest BCUT2D eigenvalue weighted by Gasteiger charge is -2.10. The van der Waals surface area contributed by atoms with Crippen LogP contribution in [0.5, 0.6) is 11.5 Å². The van der Waals surface area contributed by atoms with Crippen molar-refractivity contribution in [2.75, 3.05) is 14.2 Å². The molecule has 0 saturated heterocycles. The topological polar surface area (TPSA) is 47.6 Å². The fourth-order valence-corrected chi connectivity index (χ4v) is 1.88. The van der Waals surface area contributed by atoms with Gasteiger partial charge in [-0.2, -0.15) is 0 Å². The minimum absolute atomic E-state index is 0.172. The van der Waals surface area contributed by atoms with Crippen molar-refractivity contribution in [2.45, 2.75) is 6.54 Å². The number of amides is 1. The molecule has 5 heteroatoms. The van der Waals surface area contributed by atoms with Crippen molar-refractivity contribution in [3.05, 3.63) is 59.4 Å². The molecule has 0 aliphatic rings. The van der Waals surface area contributed by atoms with Crippen LogP contribution in [0, 0.1) is 5.82 Å². The maximum absolute atomic E-state index is 13.2. The van der Waals surface area contributed by atoms with Crippen molar-refractivity contribution < 1.29 is 18.7 Å². The van der Waals surface area contributed by atoms with Crippen LogP contribution >= 0.6 is 0 Å². The van der Waals surface area contributed by atoms with Crippen LogP contribution in [0.4, 0.5) is 4.39 Å². The highest BCUT2D eigenvalue weighted by atomic mass is 19.1. The van der Waals surface area contributed by atoms with Crippen molar-refractivity contribution in [1.82, 2.24) is 5.32 Å². The number of methoxy groups -OCH3 is 2. The first-order chi connectivity index (χ1) is 10.1. The summed E-state index contributed by atoms with van der Waals surface area (Å²) in [5, 5.41) is 2.73. The van der Waals surface area contributed by atoms with Crippen LogP contribution in [0.25, 0.3) is 0 Å². The Morgan fingerprint density at radius 1 is 1.10 bits per heavy atom. The molecule has 0 heterocycles. The van der Waals surface area contributed by atoms with E-state index in [1.807, 2.05) is 24.3 Å². The van der Waals surface area contributed by atoms with Gasteiger partial charge in [-0.1, -0.05) is 12.1 Å². The SMILES string of the molecule is COc1ccc(CNC(=O)c2cc(F)ccc2OC)cc1. The lowest BCUT2D eigenvalue weighted by molar-refractivity contribution is 0.0947. The minimum atomic E-state index is -0.481. The highest BCUT2D eigenvalue weighted by Crippen LogP contribution is 2.19. The second-order valence-electron chi connectivity index (χ2n) is 4.38. The number of hydrogen-bond acceptors (Lipinski definition) is 3. The average Bonchev–Trinajstić information content (AvgIpc) is 2.53. The Hall–Kier alpha value is -2.56. The molecule has 0 aromatic heterocycles. The van der Waals surface area contributed by atoms with Gasteiger partial charge >= 0.3 is 0 Å². The number of benzene rings is 2. The van der Waals surface area contributed by atoms with Crippen LogP contribution in [-0.2, 0) is 6.54 Å². The number of rotatable bonds is 5. The molecule has 2 rings (SSSR count). The number of carbonyl (C=O) groups excluding carboxylic acids is 1. The third kappa shape index (κ3) is 3.72. The van der Waals surface area contributed by atoms with E-state index in [0.29, 0.717) is 12.3 Å². The van der Waals surface area contributed by atoms with E-state index >= 15 is 0 Å². The number of ether oxygens (including phenoxy) is 2. The van der Waals surface area contributed by atoms with E-state index in [9.17, 15) is 9.18 Å². The highest BCUT2D eigenvalue weighted by Gasteiger charge is 2.13. The van der Waals surface area contributed by atoms with E-state index in [-0.39, 0.29) is 11.5 Å². The Morgan fingerprint density at radius 2 is 1.81 bits per heavy atom. The zero-order valence-corrected chi connectivity index (χ0v) is 11.9. The Bertz CT molecular complexity index is 626. The first-order valence-corrected chi connectivity index (χ1v) is 6.38. The molecule has 21 heavy (non-hydrogen) atoms. The molecule has 0 unspecified atom stereocenters. The van der Waals surface area contributed by atoms with Crippen molar-refractivity contribution in [2.24, 2.45) is 0 Å². The van der Waals surface area contributed by atoms with Crippen LogP contribution < -0.4 is 14.8 Å². The van der Waals surface area contributed by atoms with Gasteiger partial charge < -0.3 is 14.8 Å². The Kier molecular flexibility index (Phi) is 4.77. The first kappa shape index (κ1) is 14.8. The highest BCUT2D eigenvalue weighted by molar-refractivity contribution is 5.96. The Labute approximate surface area is 122 Å². The molecule has 0 saturated carbocycles. The molecule has 0 aliphatic carbocycles. The largest absolute Gasteiger partial charge is 0.497 e. The summed E-state index contributed by atoms with van der Waals surface area (Å²) in [6.07, 6.45) is 0. The van der Waals surface area contributed by atoms with Gasteiger partial charge in [-0.05, 0) is 35.9 Å². The standard InChI is InChI=1S/C16H16FNO3/c1-20-13-6-3-11(4-7-13)10-18-16(19)14-9-12(17)5-8-15(14)21-2/h3-9H,10H2,1-2H3,(H,18,19). The summed E-state index contributed by atoms with van der Waals surface area (Å²) in [4.78, 5) is 12.1. The van der Waals surface area contributed by atoms with Crippen LogP contribution in [0.1, 0.15) is 15.9 Å². The van der Waals surface area contributed by atoms with Crippen molar-refractivity contribution in [1.29, 1.82) is 0 Å². The monoisotopic (exact) mass is 289 g/mol. The summed E-state index contributed by atoms with van der Waals surface area (Å²) in [5.74, 6) is 0.216. The van der Waals surface area contributed by atoms with E-state index in [0.717, 1.165) is 17.4 Å². The predicted octanol–water partition coefficient (Wildman–Crippen LogP) is 2.77.